The maximum Gasteiger partial charge on any atom is 0.255 e. The van der Waals surface area contributed by atoms with E-state index in [9.17, 15) is 4.79 Å². The van der Waals surface area contributed by atoms with E-state index < -0.39 is 6.04 Å². The van der Waals surface area contributed by atoms with Crippen LogP contribution in [0.1, 0.15) is 43.1 Å². The van der Waals surface area contributed by atoms with Gasteiger partial charge in [-0.25, -0.2) is 4.68 Å². The zero-order valence-electron chi connectivity index (χ0n) is 18.1. The number of hydrogen-bond donors (Lipinski definition) is 2. The highest BCUT2D eigenvalue weighted by atomic mass is 32.2. The number of nitrogens with one attached hydrogen (secondary N) is 2. The Balaban J connectivity index is 1.74. The van der Waals surface area contributed by atoms with Gasteiger partial charge in [0.05, 0.1) is 11.3 Å². The van der Waals surface area contributed by atoms with Crippen LogP contribution in [0.2, 0.25) is 0 Å². The van der Waals surface area contributed by atoms with Gasteiger partial charge in [0.2, 0.25) is 11.1 Å². The third kappa shape index (κ3) is 4.34. The molecule has 3 aromatic rings. The minimum atomic E-state index is -0.466. The molecular formula is C23H26N6OS. The molecule has 7 nitrogen and oxygen atoms in total. The lowest BCUT2D eigenvalue weighted by atomic mass is 9.98. The van der Waals surface area contributed by atoms with Crippen LogP contribution in [0.4, 0.5) is 11.6 Å². The number of amides is 1. The third-order valence-electron chi connectivity index (χ3n) is 5.11. The van der Waals surface area contributed by atoms with Crippen LogP contribution in [0.25, 0.3) is 0 Å². The van der Waals surface area contributed by atoms with Crippen molar-refractivity contribution >= 4 is 29.3 Å². The molecule has 2 aromatic heterocycles. The van der Waals surface area contributed by atoms with Crippen LogP contribution in [0, 0.1) is 13.8 Å². The second kappa shape index (κ2) is 8.93. The van der Waals surface area contributed by atoms with Crippen molar-refractivity contribution in [2.24, 2.45) is 0 Å². The van der Waals surface area contributed by atoms with Crippen LogP contribution in [-0.4, -0.2) is 31.4 Å². The summed E-state index contributed by atoms with van der Waals surface area (Å²) in [7, 11) is 0. The molecule has 1 aliphatic heterocycles. The Labute approximate surface area is 186 Å². The zero-order chi connectivity index (χ0) is 22.0. The summed E-state index contributed by atoms with van der Waals surface area (Å²) in [6.07, 6.45) is 2.77. The van der Waals surface area contributed by atoms with Crippen molar-refractivity contribution in [2.75, 3.05) is 16.4 Å². The maximum absolute atomic E-state index is 13.5. The first-order valence-corrected chi connectivity index (χ1v) is 11.3. The highest BCUT2D eigenvalue weighted by Crippen LogP contribution is 2.36. The van der Waals surface area contributed by atoms with E-state index in [1.54, 1.807) is 22.6 Å². The fourth-order valence-electron chi connectivity index (χ4n) is 3.63. The minimum absolute atomic E-state index is 0.184. The van der Waals surface area contributed by atoms with Crippen LogP contribution < -0.4 is 10.6 Å². The monoisotopic (exact) mass is 434 g/mol. The van der Waals surface area contributed by atoms with Gasteiger partial charge in [-0.2, -0.15) is 4.98 Å². The first kappa shape index (κ1) is 21.1. The van der Waals surface area contributed by atoms with Crippen LogP contribution in [0.3, 0.4) is 0 Å². The molecule has 2 N–H and O–H groups in total. The number of nitrogens with zero attached hydrogens (tertiary/aromatic N) is 4. The van der Waals surface area contributed by atoms with Gasteiger partial charge >= 0.3 is 0 Å². The lowest BCUT2D eigenvalue weighted by Crippen LogP contribution is -2.32. The SMILES string of the molecule is CCCSc1nc2n(n1)C(c1ccccn1)C(C(=O)Nc1ccc(C)cc1C)=C(C)N2. The number of rotatable bonds is 6. The number of pyridine rings is 1. The van der Waals surface area contributed by atoms with E-state index in [0.29, 0.717) is 16.7 Å². The summed E-state index contributed by atoms with van der Waals surface area (Å²) >= 11 is 1.61. The summed E-state index contributed by atoms with van der Waals surface area (Å²) in [5.74, 6) is 1.37. The Morgan fingerprint density at radius 1 is 1.23 bits per heavy atom. The molecule has 1 atom stereocenters. The normalized spacial score (nSPS) is 15.4. The van der Waals surface area contributed by atoms with Crippen molar-refractivity contribution in [3.8, 4) is 0 Å². The molecule has 1 amide bonds. The first-order valence-electron chi connectivity index (χ1n) is 10.3. The molecule has 1 aliphatic rings. The van der Waals surface area contributed by atoms with Crippen LogP contribution in [0.15, 0.2) is 59.0 Å². The standard InChI is InChI=1S/C23H26N6OS/c1-5-12-31-23-27-22-25-16(4)19(20(29(22)28-23)18-8-6-7-11-24-18)21(30)26-17-10-9-14(2)13-15(17)3/h6-11,13,20H,5,12H2,1-4H3,(H,26,30)(H,25,27,28). The molecule has 0 radical (unpaired) electrons. The molecule has 3 heterocycles. The first-order chi connectivity index (χ1) is 15.0. The lowest BCUT2D eigenvalue weighted by Gasteiger charge is -2.28. The van der Waals surface area contributed by atoms with E-state index in [1.807, 2.05) is 51.1 Å². The summed E-state index contributed by atoms with van der Waals surface area (Å²) in [6.45, 7) is 8.04. The average molecular weight is 435 g/mol. The highest BCUT2D eigenvalue weighted by molar-refractivity contribution is 7.99. The quantitative estimate of drug-likeness (QED) is 0.546. The molecule has 0 fully saturated rings. The van der Waals surface area contributed by atoms with Gasteiger partial charge in [-0.15, -0.1) is 5.10 Å². The van der Waals surface area contributed by atoms with Gasteiger partial charge in [0, 0.05) is 23.3 Å². The highest BCUT2D eigenvalue weighted by Gasteiger charge is 2.35. The number of hydrogen-bond acceptors (Lipinski definition) is 6. The second-order valence-corrected chi connectivity index (χ2v) is 8.67. The summed E-state index contributed by atoms with van der Waals surface area (Å²) in [5, 5.41) is 11.7. The Hall–Kier alpha value is -3.13. The number of thioether (sulfide) groups is 1. The summed E-state index contributed by atoms with van der Waals surface area (Å²) < 4.78 is 1.77. The van der Waals surface area contributed by atoms with Crippen molar-refractivity contribution in [1.82, 2.24) is 19.7 Å². The van der Waals surface area contributed by atoms with E-state index in [2.05, 4.69) is 33.6 Å². The lowest BCUT2D eigenvalue weighted by molar-refractivity contribution is -0.113. The Morgan fingerprint density at radius 3 is 2.77 bits per heavy atom. The molecule has 160 valence electrons. The van der Waals surface area contributed by atoms with Crippen molar-refractivity contribution in [1.29, 1.82) is 0 Å². The van der Waals surface area contributed by atoms with Gasteiger partial charge in [0.1, 0.15) is 6.04 Å². The molecule has 0 saturated carbocycles. The number of benzene rings is 1. The number of carbonyl (C=O) groups excluding carboxylic acids is 1. The minimum Gasteiger partial charge on any atom is -0.328 e. The zero-order valence-corrected chi connectivity index (χ0v) is 19.0. The van der Waals surface area contributed by atoms with E-state index in [1.165, 1.54) is 0 Å². The number of carbonyl (C=O) groups is 1. The molecular weight excluding hydrogens is 408 g/mol. The third-order valence-corrected chi connectivity index (χ3v) is 6.15. The second-order valence-electron chi connectivity index (χ2n) is 7.60. The summed E-state index contributed by atoms with van der Waals surface area (Å²) in [4.78, 5) is 22.6. The van der Waals surface area contributed by atoms with Gasteiger partial charge in [-0.1, -0.05) is 42.4 Å². The topological polar surface area (TPSA) is 84.7 Å². The van der Waals surface area contributed by atoms with E-state index in [0.717, 1.165) is 40.4 Å². The van der Waals surface area contributed by atoms with E-state index in [4.69, 9.17) is 5.10 Å². The molecule has 8 heteroatoms. The van der Waals surface area contributed by atoms with Crippen molar-refractivity contribution in [3.05, 3.63) is 70.7 Å². The number of aromatic nitrogens is 4. The average Bonchev–Trinajstić information content (AvgIpc) is 3.16. The smallest absolute Gasteiger partial charge is 0.255 e. The van der Waals surface area contributed by atoms with Crippen molar-refractivity contribution < 1.29 is 4.79 Å². The van der Waals surface area contributed by atoms with Gasteiger partial charge in [0.25, 0.3) is 5.91 Å². The predicted octanol–water partition coefficient (Wildman–Crippen LogP) is 4.72. The van der Waals surface area contributed by atoms with E-state index in [-0.39, 0.29) is 5.91 Å². The van der Waals surface area contributed by atoms with Crippen LogP contribution >= 0.6 is 11.8 Å². The Morgan fingerprint density at radius 2 is 2.06 bits per heavy atom. The number of anilines is 2. The molecule has 0 spiro atoms. The van der Waals surface area contributed by atoms with Crippen LogP contribution in [0.5, 0.6) is 0 Å². The molecule has 31 heavy (non-hydrogen) atoms. The fourth-order valence-corrected chi connectivity index (χ4v) is 4.32. The number of allylic oxidation sites excluding steroid dienone is 1. The fraction of sp³-hybridized carbons (Fsp3) is 0.304. The Kier molecular flexibility index (Phi) is 6.08. The summed E-state index contributed by atoms with van der Waals surface area (Å²) in [5.41, 5.74) is 5.02. The Bertz CT molecular complexity index is 1140. The maximum atomic E-state index is 13.5. The molecule has 0 aliphatic carbocycles. The molecule has 0 saturated heterocycles. The van der Waals surface area contributed by atoms with Gasteiger partial charge in [-0.05, 0) is 51.0 Å². The van der Waals surface area contributed by atoms with Gasteiger partial charge < -0.3 is 10.6 Å². The van der Waals surface area contributed by atoms with Gasteiger partial charge in [-0.3, -0.25) is 9.78 Å². The van der Waals surface area contributed by atoms with Gasteiger partial charge in [0.15, 0.2) is 0 Å². The molecule has 1 aromatic carbocycles. The van der Waals surface area contributed by atoms with Crippen LogP contribution in [-0.2, 0) is 4.79 Å². The molecule has 4 rings (SSSR count). The summed E-state index contributed by atoms with van der Waals surface area (Å²) in [6, 6.07) is 11.2. The van der Waals surface area contributed by atoms with E-state index >= 15 is 0 Å². The largest absolute Gasteiger partial charge is 0.328 e. The van der Waals surface area contributed by atoms with Crippen molar-refractivity contribution in [3.63, 3.8) is 0 Å². The van der Waals surface area contributed by atoms with Crippen molar-refractivity contribution in [2.45, 2.75) is 45.3 Å². The number of fused-ring (bicyclic) bond motifs is 1. The molecule has 0 bridgehead atoms. The molecule has 1 unspecified atom stereocenters. The predicted molar refractivity (Wildman–Crippen MR) is 124 cm³/mol. The number of aryl methyl sites for hydroxylation is 2.